The summed E-state index contributed by atoms with van der Waals surface area (Å²) in [5.74, 6) is 0.625. The van der Waals surface area contributed by atoms with Gasteiger partial charge in [-0.2, -0.15) is 0 Å². The quantitative estimate of drug-likeness (QED) is 0.790. The van der Waals surface area contributed by atoms with E-state index in [-0.39, 0.29) is 22.9 Å². The molecule has 1 N–H and O–H groups in total. The molecule has 0 amide bonds. The Balaban J connectivity index is 2.48. The number of hydrogen-bond donors (Lipinski definition) is 1. The molecule has 86 valence electrons. The molecule has 0 spiro atoms. The summed E-state index contributed by atoms with van der Waals surface area (Å²) >= 11 is 0. The van der Waals surface area contributed by atoms with E-state index in [9.17, 15) is 5.11 Å². The van der Waals surface area contributed by atoms with Gasteiger partial charge in [-0.3, -0.25) is 0 Å². The van der Waals surface area contributed by atoms with Crippen molar-refractivity contribution in [3.05, 3.63) is 65.3 Å². The lowest BCUT2D eigenvalue weighted by atomic mass is 10.2. The van der Waals surface area contributed by atoms with E-state index in [1.54, 1.807) is 12.1 Å². The van der Waals surface area contributed by atoms with Crippen molar-refractivity contribution in [2.45, 2.75) is 0 Å². The molecule has 0 aliphatic heterocycles. The molecule has 0 heterocycles. The number of nitrogens with zero attached hydrogens (tertiary/aromatic N) is 2. The molecule has 0 aromatic heterocycles. The third-order valence-corrected chi connectivity index (χ3v) is 2.29. The molecule has 2 rings (SSSR count). The second kappa shape index (κ2) is 4.90. The van der Waals surface area contributed by atoms with Gasteiger partial charge in [-0.05, 0) is 24.3 Å². The van der Waals surface area contributed by atoms with E-state index in [4.69, 9.17) is 17.9 Å². The van der Waals surface area contributed by atoms with E-state index < -0.39 is 0 Å². The molecular formula is C14H8N2O2. The molecule has 0 saturated heterocycles. The molecule has 0 radical (unpaired) electrons. The monoisotopic (exact) mass is 236 g/mol. The molecule has 18 heavy (non-hydrogen) atoms. The van der Waals surface area contributed by atoms with Gasteiger partial charge >= 0.3 is 0 Å². The fourth-order valence-electron chi connectivity index (χ4n) is 1.47. The number of aromatic hydroxyl groups is 1. The van der Waals surface area contributed by atoms with Gasteiger partial charge in [-0.15, -0.1) is 0 Å². The third-order valence-electron chi connectivity index (χ3n) is 2.29. The summed E-state index contributed by atoms with van der Waals surface area (Å²) in [6.45, 7) is 14.1. The summed E-state index contributed by atoms with van der Waals surface area (Å²) in [4.78, 5) is 6.40. The molecule has 4 nitrogen and oxygen atoms in total. The van der Waals surface area contributed by atoms with Crippen LogP contribution in [0.3, 0.4) is 0 Å². The Morgan fingerprint density at radius 3 is 2.17 bits per heavy atom. The molecular weight excluding hydrogens is 228 g/mol. The number of para-hydroxylation sites is 1. The summed E-state index contributed by atoms with van der Waals surface area (Å²) in [7, 11) is 0. The normalized spacial score (nSPS) is 9.22. The van der Waals surface area contributed by atoms with E-state index >= 15 is 0 Å². The standard InChI is InChI=1S/C14H8N2O2/c1-15-13-11(17)8-9-12(14(13)16-2)18-10-6-4-3-5-7-10/h3-9,17H. The van der Waals surface area contributed by atoms with Crippen molar-refractivity contribution in [2.75, 3.05) is 0 Å². The van der Waals surface area contributed by atoms with Crippen LogP contribution in [0.25, 0.3) is 9.69 Å². The Kier molecular flexibility index (Phi) is 3.13. The highest BCUT2D eigenvalue weighted by Crippen LogP contribution is 2.45. The van der Waals surface area contributed by atoms with Crippen LogP contribution in [0.4, 0.5) is 11.4 Å². The minimum Gasteiger partial charge on any atom is -0.521 e. The molecule has 0 unspecified atom stereocenters. The summed E-state index contributed by atoms with van der Waals surface area (Å²) < 4.78 is 5.53. The summed E-state index contributed by atoms with van der Waals surface area (Å²) in [5, 5.41) is 9.50. The van der Waals surface area contributed by atoms with E-state index in [2.05, 4.69) is 9.69 Å². The van der Waals surface area contributed by atoms with Crippen molar-refractivity contribution >= 4 is 11.4 Å². The molecule has 0 aliphatic carbocycles. The first kappa shape index (κ1) is 11.5. The van der Waals surface area contributed by atoms with Gasteiger partial charge in [0.1, 0.15) is 17.2 Å². The summed E-state index contributed by atoms with van der Waals surface area (Å²) in [5.41, 5.74) is -0.0627. The average molecular weight is 236 g/mol. The van der Waals surface area contributed by atoms with Crippen LogP contribution >= 0.6 is 0 Å². The van der Waals surface area contributed by atoms with Gasteiger partial charge in [0.25, 0.3) is 0 Å². The second-order valence-electron chi connectivity index (χ2n) is 3.42. The minimum absolute atomic E-state index is 0.0221. The number of rotatable bonds is 2. The topological polar surface area (TPSA) is 38.2 Å². The Morgan fingerprint density at radius 1 is 0.889 bits per heavy atom. The lowest BCUT2D eigenvalue weighted by Crippen LogP contribution is -1.84. The third kappa shape index (κ3) is 2.09. The van der Waals surface area contributed by atoms with Gasteiger partial charge < -0.3 is 9.84 Å². The zero-order chi connectivity index (χ0) is 13.0. The van der Waals surface area contributed by atoms with Crippen molar-refractivity contribution in [3.8, 4) is 17.2 Å². The van der Waals surface area contributed by atoms with Crippen molar-refractivity contribution in [2.24, 2.45) is 0 Å². The van der Waals surface area contributed by atoms with E-state index in [0.717, 1.165) is 0 Å². The van der Waals surface area contributed by atoms with Gasteiger partial charge in [-0.1, -0.05) is 18.2 Å². The van der Waals surface area contributed by atoms with Crippen LogP contribution in [0.1, 0.15) is 0 Å². The lowest BCUT2D eigenvalue weighted by Gasteiger charge is -2.09. The fourth-order valence-corrected chi connectivity index (χ4v) is 1.47. The van der Waals surface area contributed by atoms with Crippen LogP contribution < -0.4 is 4.74 Å². The first-order valence-corrected chi connectivity index (χ1v) is 5.10. The molecule has 2 aromatic carbocycles. The Morgan fingerprint density at radius 2 is 1.56 bits per heavy atom. The van der Waals surface area contributed by atoms with E-state index in [1.165, 1.54) is 12.1 Å². The maximum absolute atomic E-state index is 9.50. The van der Waals surface area contributed by atoms with Crippen LogP contribution in [0, 0.1) is 13.1 Å². The highest BCUT2D eigenvalue weighted by molar-refractivity contribution is 5.82. The Hall–Kier alpha value is -2.98. The van der Waals surface area contributed by atoms with Crippen molar-refractivity contribution in [1.29, 1.82) is 0 Å². The highest BCUT2D eigenvalue weighted by Gasteiger charge is 2.15. The average Bonchev–Trinajstić information content (AvgIpc) is 2.41. The van der Waals surface area contributed by atoms with Gasteiger partial charge in [0.15, 0.2) is 0 Å². The Labute approximate surface area is 104 Å². The minimum atomic E-state index is -0.212. The SMILES string of the molecule is [C-]#[N+]c1c(O)ccc(Oc2ccccc2)c1[N+]#[C-]. The molecule has 0 aliphatic rings. The van der Waals surface area contributed by atoms with Gasteiger partial charge in [-0.25, -0.2) is 9.69 Å². The van der Waals surface area contributed by atoms with Crippen molar-refractivity contribution in [3.63, 3.8) is 0 Å². The highest BCUT2D eigenvalue weighted by atomic mass is 16.5. The van der Waals surface area contributed by atoms with Crippen LogP contribution in [-0.4, -0.2) is 5.11 Å². The number of hydrogen-bond acceptors (Lipinski definition) is 2. The zero-order valence-electron chi connectivity index (χ0n) is 9.29. The molecule has 0 atom stereocenters. The predicted molar refractivity (Wildman–Crippen MR) is 67.1 cm³/mol. The van der Waals surface area contributed by atoms with Gasteiger partial charge in [0.05, 0.1) is 13.1 Å². The zero-order valence-corrected chi connectivity index (χ0v) is 9.29. The predicted octanol–water partition coefficient (Wildman–Crippen LogP) is 4.29. The smallest absolute Gasteiger partial charge is 0.239 e. The Bertz CT molecular complexity index is 652. The molecule has 4 heteroatoms. The number of phenols is 1. The largest absolute Gasteiger partial charge is 0.521 e. The molecule has 0 bridgehead atoms. The van der Waals surface area contributed by atoms with Crippen molar-refractivity contribution < 1.29 is 9.84 Å². The molecule has 0 saturated carbocycles. The van der Waals surface area contributed by atoms with E-state index in [0.29, 0.717) is 5.75 Å². The lowest BCUT2D eigenvalue weighted by molar-refractivity contribution is 0.469. The summed E-state index contributed by atoms with van der Waals surface area (Å²) in [6, 6.07) is 11.8. The van der Waals surface area contributed by atoms with Crippen LogP contribution in [0.2, 0.25) is 0 Å². The second-order valence-corrected chi connectivity index (χ2v) is 3.42. The maximum Gasteiger partial charge on any atom is 0.239 e. The van der Waals surface area contributed by atoms with Crippen LogP contribution in [-0.2, 0) is 0 Å². The van der Waals surface area contributed by atoms with Crippen molar-refractivity contribution in [1.82, 2.24) is 0 Å². The number of phenolic OH excluding ortho intramolecular Hbond substituents is 1. The molecule has 0 fully saturated rings. The van der Waals surface area contributed by atoms with Gasteiger partial charge in [0.2, 0.25) is 11.4 Å². The first-order chi connectivity index (χ1) is 8.76. The number of benzene rings is 2. The fraction of sp³-hybridized carbons (Fsp3) is 0. The van der Waals surface area contributed by atoms with Crippen LogP contribution in [0.5, 0.6) is 17.2 Å². The number of ether oxygens (including phenoxy) is 1. The van der Waals surface area contributed by atoms with Gasteiger partial charge in [0, 0.05) is 0 Å². The summed E-state index contributed by atoms with van der Waals surface area (Å²) in [6.07, 6.45) is 0. The molecule has 2 aromatic rings. The first-order valence-electron chi connectivity index (χ1n) is 5.10. The van der Waals surface area contributed by atoms with Crippen LogP contribution in [0.15, 0.2) is 42.5 Å². The van der Waals surface area contributed by atoms with E-state index in [1.807, 2.05) is 18.2 Å². The maximum atomic E-state index is 9.50.